The molecule has 0 unspecified atom stereocenters. The molecular formula is C38H49Cl2F3I2N8O11. The minimum atomic E-state index is -4.64. The fourth-order valence-corrected chi connectivity index (χ4v) is 6.40. The van der Waals surface area contributed by atoms with E-state index in [1.54, 1.807) is 36.4 Å². The number of hydrogen-bond acceptors (Lipinski definition) is 13. The van der Waals surface area contributed by atoms with E-state index in [2.05, 4.69) is 66.8 Å². The number of rotatable bonds is 13. The largest absolute Gasteiger partial charge is 0.446 e. The number of amides is 2. The van der Waals surface area contributed by atoms with Crippen LogP contribution in [0.1, 0.15) is 56.3 Å². The van der Waals surface area contributed by atoms with E-state index >= 15 is 0 Å². The Labute approximate surface area is 402 Å². The van der Waals surface area contributed by atoms with Crippen molar-refractivity contribution in [3.8, 4) is 0 Å². The number of anilines is 4. The SMILES string of the molecule is C.C.Cn1c(Nc2ccc(I)cc2Cl)c(C(=O)NOCCO)c(=O)n(C)c1=O.Cn1c(Nc2ccc(I)cc2Cl)c(C(=O)NOCCOC(C)(C)C)c(=O)n(C)c1=O.O=CC(F)(F)F. The first kappa shape index (κ1) is 59.7. The van der Waals surface area contributed by atoms with Crippen molar-refractivity contribution in [2.24, 2.45) is 28.2 Å². The lowest BCUT2D eigenvalue weighted by Gasteiger charge is -2.19. The Morgan fingerprint density at radius 2 is 1.06 bits per heavy atom. The number of carbonyl (C=O) groups excluding carboxylic acids is 3. The second-order valence-corrected chi connectivity index (χ2v) is 16.6. The summed E-state index contributed by atoms with van der Waals surface area (Å²) < 4.78 is 42.5. The van der Waals surface area contributed by atoms with Crippen LogP contribution in [0.15, 0.2) is 55.6 Å². The number of benzene rings is 2. The van der Waals surface area contributed by atoms with Gasteiger partial charge in [0, 0.05) is 35.3 Å². The van der Waals surface area contributed by atoms with Crippen molar-refractivity contribution in [2.45, 2.75) is 47.4 Å². The van der Waals surface area contributed by atoms with E-state index in [9.17, 15) is 41.9 Å². The summed E-state index contributed by atoms with van der Waals surface area (Å²) in [5, 5.41) is 15.2. The molecule has 0 aliphatic rings. The van der Waals surface area contributed by atoms with Crippen molar-refractivity contribution in [2.75, 3.05) is 37.1 Å². The van der Waals surface area contributed by atoms with Crippen molar-refractivity contribution in [3.63, 3.8) is 0 Å². The molecule has 2 aromatic carbocycles. The molecule has 2 amide bonds. The lowest BCUT2D eigenvalue weighted by Crippen LogP contribution is -2.43. The fourth-order valence-electron chi connectivity index (χ4n) is 4.60. The summed E-state index contributed by atoms with van der Waals surface area (Å²) in [5.41, 5.74) is 1.40. The van der Waals surface area contributed by atoms with Crippen molar-refractivity contribution in [1.82, 2.24) is 29.2 Å². The Morgan fingerprint density at radius 1 is 0.703 bits per heavy atom. The molecule has 0 atom stereocenters. The van der Waals surface area contributed by atoms with Crippen LogP contribution in [-0.2, 0) is 47.4 Å². The Kier molecular flexibility index (Phi) is 24.8. The Hall–Kier alpha value is -4.32. The second-order valence-electron chi connectivity index (χ2n) is 13.3. The second kappa shape index (κ2) is 26.6. The molecule has 0 aliphatic heterocycles. The summed E-state index contributed by atoms with van der Waals surface area (Å²) >= 11 is 16.6. The zero-order chi connectivity index (χ0) is 47.3. The third-order valence-corrected chi connectivity index (χ3v) is 9.50. The van der Waals surface area contributed by atoms with Crippen LogP contribution in [0.25, 0.3) is 0 Å². The molecule has 0 saturated heterocycles. The van der Waals surface area contributed by atoms with E-state index in [0.717, 1.165) is 25.4 Å². The van der Waals surface area contributed by atoms with E-state index in [1.165, 1.54) is 28.2 Å². The van der Waals surface area contributed by atoms with Gasteiger partial charge in [-0.05, 0) is 102 Å². The van der Waals surface area contributed by atoms with E-state index in [-0.39, 0.29) is 69.6 Å². The number of halogens is 7. The van der Waals surface area contributed by atoms with Crippen molar-refractivity contribution in [1.29, 1.82) is 0 Å². The predicted molar refractivity (Wildman–Crippen MR) is 254 cm³/mol. The summed E-state index contributed by atoms with van der Waals surface area (Å²) in [6, 6.07) is 10.3. The predicted octanol–water partition coefficient (Wildman–Crippen LogP) is 5.32. The molecule has 5 N–H and O–H groups in total. The number of nitrogens with one attached hydrogen (secondary N) is 4. The lowest BCUT2D eigenvalue weighted by atomic mass is 10.2. The molecule has 26 heteroatoms. The highest BCUT2D eigenvalue weighted by atomic mass is 127. The van der Waals surface area contributed by atoms with E-state index in [1.807, 2.05) is 20.8 Å². The highest BCUT2D eigenvalue weighted by molar-refractivity contribution is 14.1. The molecule has 4 aromatic rings. The first-order valence-corrected chi connectivity index (χ1v) is 20.3. The minimum Gasteiger partial charge on any atom is -0.394 e. The van der Waals surface area contributed by atoms with Gasteiger partial charge in [0.1, 0.15) is 22.8 Å². The number of carbonyl (C=O) groups is 3. The quantitative estimate of drug-likeness (QED) is 0.0494. The molecule has 0 saturated carbocycles. The maximum atomic E-state index is 12.7. The number of aromatic nitrogens is 4. The fraction of sp³-hybridized carbons (Fsp3) is 0.395. The summed E-state index contributed by atoms with van der Waals surface area (Å²) in [4.78, 5) is 93.5. The van der Waals surface area contributed by atoms with Gasteiger partial charge in [0.25, 0.3) is 22.9 Å². The molecule has 0 spiro atoms. The summed E-state index contributed by atoms with van der Waals surface area (Å²) in [6.07, 6.45) is -5.70. The number of nitrogens with zero attached hydrogens (tertiary/aromatic N) is 4. The van der Waals surface area contributed by atoms with Gasteiger partial charge >= 0.3 is 17.6 Å². The average molecular weight is 1180 g/mol. The molecule has 0 bridgehead atoms. The lowest BCUT2D eigenvalue weighted by molar-refractivity contribution is -0.156. The van der Waals surface area contributed by atoms with Crippen LogP contribution in [0.4, 0.5) is 36.2 Å². The van der Waals surface area contributed by atoms with Gasteiger partial charge in [0.05, 0.1) is 53.4 Å². The van der Waals surface area contributed by atoms with Crippen molar-refractivity contribution in [3.05, 3.63) is 106 Å². The number of hydroxylamine groups is 2. The van der Waals surface area contributed by atoms with Crippen molar-refractivity contribution < 1.29 is 47.1 Å². The first-order valence-electron chi connectivity index (χ1n) is 17.4. The molecule has 0 aliphatic carbocycles. The number of aldehydes is 1. The zero-order valence-corrected chi connectivity index (χ0v) is 39.7. The van der Waals surface area contributed by atoms with Crippen molar-refractivity contribution >= 4 is 109 Å². The van der Waals surface area contributed by atoms with Gasteiger partial charge < -0.3 is 20.5 Å². The molecule has 2 aromatic heterocycles. The van der Waals surface area contributed by atoms with Crippen LogP contribution < -0.4 is 44.1 Å². The smallest absolute Gasteiger partial charge is 0.394 e. The van der Waals surface area contributed by atoms with Gasteiger partial charge in [-0.2, -0.15) is 13.2 Å². The molecular weight excluding hydrogens is 1130 g/mol. The third kappa shape index (κ3) is 17.6. The van der Waals surface area contributed by atoms with E-state index < -0.39 is 46.8 Å². The molecule has 356 valence electrons. The van der Waals surface area contributed by atoms with E-state index in [4.69, 9.17) is 47.5 Å². The van der Waals surface area contributed by atoms with Gasteiger partial charge in [0.2, 0.25) is 6.29 Å². The number of ether oxygens (including phenoxy) is 1. The summed E-state index contributed by atoms with van der Waals surface area (Å²) in [7, 11) is 5.41. The molecule has 4 rings (SSSR count). The normalized spacial score (nSPS) is 10.7. The minimum absolute atomic E-state index is 0. The highest BCUT2D eigenvalue weighted by Gasteiger charge is 2.26. The first-order chi connectivity index (χ1) is 28.8. The third-order valence-electron chi connectivity index (χ3n) is 7.53. The van der Waals surface area contributed by atoms with Gasteiger partial charge in [-0.3, -0.25) is 51.9 Å². The number of alkyl halides is 3. The number of hydrogen-bond donors (Lipinski definition) is 5. The number of aliphatic hydroxyl groups excluding tert-OH is 1. The van der Waals surface area contributed by atoms with Crippen LogP contribution in [-0.4, -0.2) is 79.7 Å². The topological polar surface area (TPSA) is 235 Å². The van der Waals surface area contributed by atoms with Crippen LogP contribution in [0, 0.1) is 7.14 Å². The Bertz CT molecular complexity index is 2510. The molecule has 64 heavy (non-hydrogen) atoms. The Morgan fingerprint density at radius 3 is 1.38 bits per heavy atom. The average Bonchev–Trinajstić information content (AvgIpc) is 3.18. The number of aliphatic hydroxyl groups is 1. The monoisotopic (exact) mass is 1170 g/mol. The van der Waals surface area contributed by atoms with Gasteiger partial charge in [-0.1, -0.05) is 38.1 Å². The maximum Gasteiger partial charge on any atom is 0.446 e. The van der Waals surface area contributed by atoms with Gasteiger partial charge in [0.15, 0.2) is 0 Å². The van der Waals surface area contributed by atoms with Crippen LogP contribution in [0.3, 0.4) is 0 Å². The van der Waals surface area contributed by atoms with E-state index in [0.29, 0.717) is 21.4 Å². The van der Waals surface area contributed by atoms with Gasteiger partial charge in [-0.25, -0.2) is 20.5 Å². The van der Waals surface area contributed by atoms with Gasteiger partial charge in [-0.15, -0.1) is 0 Å². The zero-order valence-electron chi connectivity index (χ0n) is 33.8. The molecule has 2 heterocycles. The van der Waals surface area contributed by atoms with Crippen LogP contribution in [0.2, 0.25) is 10.0 Å². The standard InChI is InChI=1S/C19H24ClIN4O5.C15H16ClIN4O5.C2HF3O.2CH4/c1-19(2,3)29-8-9-30-23-16(26)14-15(24(4)18(28)25(5)17(14)27)22-13-7-6-11(21)10-12(13)20;1-20-12(18-10-4-3-8(17)7-9(10)16)11(13(23)19-26-6-5-22)14(24)21(2)15(20)25;3-2(4,5)1-6;;/h6-7,10,22H,8-9H2,1-5H3,(H,23,26);3-4,7,18,22H,5-6H2,1-2H3,(H,19,23);1H;2*1H4. The summed E-state index contributed by atoms with van der Waals surface area (Å²) in [6.45, 7) is 5.56. The van der Waals surface area contributed by atoms with Crippen LogP contribution in [0.5, 0.6) is 0 Å². The maximum absolute atomic E-state index is 12.7. The van der Waals surface area contributed by atoms with Crippen LogP contribution >= 0.6 is 68.4 Å². The molecule has 19 nitrogen and oxygen atoms in total. The molecule has 0 radical (unpaired) electrons. The molecule has 0 fully saturated rings. The highest BCUT2D eigenvalue weighted by Crippen LogP contribution is 2.29. The summed E-state index contributed by atoms with van der Waals surface area (Å²) in [5.74, 6) is -1.70. The Balaban J connectivity index is 0.00000108.